The molecular formula is C8H16O6. The summed E-state index contributed by atoms with van der Waals surface area (Å²) < 4.78 is 0. The molecule has 0 aromatic carbocycles. The molecule has 0 aromatic rings. The summed E-state index contributed by atoms with van der Waals surface area (Å²) in [4.78, 5) is 10.1. The summed E-state index contributed by atoms with van der Waals surface area (Å²) in [6.07, 6.45) is -6.58. The number of aliphatic hydroxyl groups is 5. The molecule has 0 amide bonds. The van der Waals surface area contributed by atoms with E-state index in [0.717, 1.165) is 6.92 Å². The molecule has 6 nitrogen and oxygen atoms in total. The summed E-state index contributed by atoms with van der Waals surface area (Å²) >= 11 is 0. The summed E-state index contributed by atoms with van der Waals surface area (Å²) in [5, 5.41) is 46.0. The van der Waals surface area contributed by atoms with Gasteiger partial charge in [0.05, 0.1) is 6.10 Å². The van der Waals surface area contributed by atoms with E-state index < -0.39 is 30.0 Å². The van der Waals surface area contributed by atoms with Crippen LogP contribution in [0.5, 0.6) is 0 Å². The van der Waals surface area contributed by atoms with Crippen LogP contribution in [0.25, 0.3) is 0 Å². The zero-order valence-electron chi connectivity index (χ0n) is 8.03. The van der Waals surface area contributed by atoms with E-state index in [1.54, 1.807) is 0 Å². The number of carbonyl (C=O) groups excluding carboxylic acids is 1. The lowest BCUT2D eigenvalue weighted by Crippen LogP contribution is -2.58. The van der Waals surface area contributed by atoms with E-state index in [-0.39, 0.29) is 6.29 Å². The monoisotopic (exact) mass is 208 g/mol. The highest BCUT2D eigenvalue weighted by Crippen LogP contribution is 2.20. The lowest BCUT2D eigenvalue weighted by Gasteiger charge is -2.35. The Morgan fingerprint density at radius 1 is 1.14 bits per heavy atom. The highest BCUT2D eigenvalue weighted by Gasteiger charge is 2.43. The van der Waals surface area contributed by atoms with Crippen molar-refractivity contribution >= 4 is 6.29 Å². The fourth-order valence-corrected chi connectivity index (χ4v) is 1.08. The normalized spacial score (nSPS) is 24.5. The fourth-order valence-electron chi connectivity index (χ4n) is 1.08. The molecule has 0 heterocycles. The number of aliphatic hydroxyl groups excluding tert-OH is 4. The van der Waals surface area contributed by atoms with E-state index in [1.807, 2.05) is 0 Å². The van der Waals surface area contributed by atoms with Crippen molar-refractivity contribution in [3.63, 3.8) is 0 Å². The van der Waals surface area contributed by atoms with Crippen molar-refractivity contribution in [3.8, 4) is 0 Å². The van der Waals surface area contributed by atoms with Crippen LogP contribution in [0.15, 0.2) is 0 Å². The van der Waals surface area contributed by atoms with Crippen LogP contribution in [0, 0.1) is 0 Å². The predicted octanol–water partition coefficient (Wildman–Crippen LogP) is -2.60. The molecule has 5 N–H and O–H groups in total. The van der Waals surface area contributed by atoms with Crippen molar-refractivity contribution in [1.82, 2.24) is 0 Å². The highest BCUT2D eigenvalue weighted by molar-refractivity contribution is 5.57. The summed E-state index contributed by atoms with van der Waals surface area (Å²) in [5.41, 5.74) is -2.16. The molecule has 0 aliphatic rings. The second-order valence-electron chi connectivity index (χ2n) is 3.48. The summed E-state index contributed by atoms with van der Waals surface area (Å²) in [5.74, 6) is 0. The maximum absolute atomic E-state index is 10.1. The van der Waals surface area contributed by atoms with E-state index in [1.165, 1.54) is 6.92 Å². The predicted molar refractivity (Wildman–Crippen MR) is 46.4 cm³/mol. The van der Waals surface area contributed by atoms with Crippen molar-refractivity contribution in [1.29, 1.82) is 0 Å². The van der Waals surface area contributed by atoms with Crippen molar-refractivity contribution < 1.29 is 30.3 Å². The van der Waals surface area contributed by atoms with Crippen LogP contribution in [0.3, 0.4) is 0 Å². The van der Waals surface area contributed by atoms with Crippen LogP contribution < -0.4 is 0 Å². The van der Waals surface area contributed by atoms with Crippen LogP contribution in [0.2, 0.25) is 0 Å². The van der Waals surface area contributed by atoms with Gasteiger partial charge >= 0.3 is 0 Å². The van der Waals surface area contributed by atoms with Gasteiger partial charge in [-0.1, -0.05) is 0 Å². The Labute approximate surface area is 81.4 Å². The molecule has 0 spiro atoms. The standard InChI is InChI=1S/C8H16O6/c1-4(10)6(12)8(2,14)7(13)5(11)3-9/h3-7,10-14H,1-2H3/t4?,5-,6-,7-,8-/m1/s1. The molecular weight excluding hydrogens is 192 g/mol. The number of carbonyl (C=O) groups is 1. The number of aldehydes is 1. The Hall–Kier alpha value is -0.530. The van der Waals surface area contributed by atoms with Gasteiger partial charge in [0.2, 0.25) is 0 Å². The Bertz CT molecular complexity index is 190. The molecule has 1 unspecified atom stereocenters. The molecule has 0 fully saturated rings. The lowest BCUT2D eigenvalue weighted by molar-refractivity contribution is -0.187. The van der Waals surface area contributed by atoms with Gasteiger partial charge in [-0.2, -0.15) is 0 Å². The first-order valence-corrected chi connectivity index (χ1v) is 4.15. The van der Waals surface area contributed by atoms with Gasteiger partial charge in [-0.3, -0.25) is 0 Å². The van der Waals surface area contributed by atoms with E-state index >= 15 is 0 Å². The molecule has 0 aliphatic heterocycles. The number of rotatable bonds is 5. The zero-order valence-corrected chi connectivity index (χ0v) is 8.03. The van der Waals surface area contributed by atoms with Crippen LogP contribution in [0.1, 0.15) is 13.8 Å². The molecule has 0 rings (SSSR count). The molecule has 6 heteroatoms. The third kappa shape index (κ3) is 2.73. The van der Waals surface area contributed by atoms with Gasteiger partial charge in [-0.05, 0) is 13.8 Å². The van der Waals surface area contributed by atoms with Crippen molar-refractivity contribution in [2.24, 2.45) is 0 Å². The smallest absolute Gasteiger partial charge is 0.151 e. The molecule has 5 atom stereocenters. The molecule has 0 saturated carbocycles. The minimum Gasteiger partial charge on any atom is -0.391 e. The highest BCUT2D eigenvalue weighted by atomic mass is 16.4. The van der Waals surface area contributed by atoms with Crippen LogP contribution in [0.4, 0.5) is 0 Å². The summed E-state index contributed by atoms with van der Waals surface area (Å²) in [6, 6.07) is 0. The third-order valence-electron chi connectivity index (χ3n) is 2.12. The van der Waals surface area contributed by atoms with E-state index in [9.17, 15) is 20.1 Å². The number of hydrogen-bond acceptors (Lipinski definition) is 6. The van der Waals surface area contributed by atoms with Crippen LogP contribution in [-0.2, 0) is 4.79 Å². The average Bonchev–Trinajstić information content (AvgIpc) is 2.13. The van der Waals surface area contributed by atoms with E-state index in [0.29, 0.717) is 0 Å². The van der Waals surface area contributed by atoms with Crippen molar-refractivity contribution in [2.75, 3.05) is 0 Å². The van der Waals surface area contributed by atoms with Gasteiger partial charge in [0, 0.05) is 0 Å². The Morgan fingerprint density at radius 3 is 1.86 bits per heavy atom. The lowest BCUT2D eigenvalue weighted by atomic mass is 9.87. The Balaban J connectivity index is 4.67. The van der Waals surface area contributed by atoms with Gasteiger partial charge < -0.3 is 30.3 Å². The van der Waals surface area contributed by atoms with Crippen molar-refractivity contribution in [2.45, 2.75) is 43.9 Å². The average molecular weight is 208 g/mol. The second kappa shape index (κ2) is 4.81. The van der Waals surface area contributed by atoms with Crippen LogP contribution in [-0.4, -0.2) is 61.8 Å². The molecule has 0 bridgehead atoms. The van der Waals surface area contributed by atoms with Crippen LogP contribution >= 0.6 is 0 Å². The summed E-state index contributed by atoms with van der Waals surface area (Å²) in [6.45, 7) is 2.22. The van der Waals surface area contributed by atoms with E-state index in [4.69, 9.17) is 10.2 Å². The molecule has 84 valence electrons. The van der Waals surface area contributed by atoms with Gasteiger partial charge in [-0.15, -0.1) is 0 Å². The van der Waals surface area contributed by atoms with Gasteiger partial charge in [-0.25, -0.2) is 0 Å². The molecule has 0 saturated heterocycles. The largest absolute Gasteiger partial charge is 0.391 e. The molecule has 0 radical (unpaired) electrons. The zero-order chi connectivity index (χ0) is 11.5. The first kappa shape index (κ1) is 13.5. The van der Waals surface area contributed by atoms with Gasteiger partial charge in [0.1, 0.15) is 23.9 Å². The quantitative estimate of drug-likeness (QED) is 0.316. The minimum atomic E-state index is -2.16. The third-order valence-corrected chi connectivity index (χ3v) is 2.12. The topological polar surface area (TPSA) is 118 Å². The SMILES string of the molecule is CC(O)[C@@H](O)[C@@](C)(O)[C@H](O)[C@H](O)C=O. The van der Waals surface area contributed by atoms with Gasteiger partial charge in [0.15, 0.2) is 6.29 Å². The van der Waals surface area contributed by atoms with Gasteiger partial charge in [0.25, 0.3) is 0 Å². The molecule has 0 aromatic heterocycles. The Kier molecular flexibility index (Phi) is 4.63. The molecule has 0 aliphatic carbocycles. The minimum absolute atomic E-state index is 0.0356. The Morgan fingerprint density at radius 2 is 1.57 bits per heavy atom. The van der Waals surface area contributed by atoms with Crippen molar-refractivity contribution in [3.05, 3.63) is 0 Å². The maximum Gasteiger partial charge on any atom is 0.151 e. The summed E-state index contributed by atoms with van der Waals surface area (Å²) in [7, 11) is 0. The fraction of sp³-hybridized carbons (Fsp3) is 0.875. The molecule has 14 heavy (non-hydrogen) atoms. The first-order valence-electron chi connectivity index (χ1n) is 4.15. The first-order chi connectivity index (χ1) is 6.25. The maximum atomic E-state index is 10.1. The van der Waals surface area contributed by atoms with E-state index in [2.05, 4.69) is 0 Å². The number of hydrogen-bond donors (Lipinski definition) is 5. The second-order valence-corrected chi connectivity index (χ2v) is 3.48.